The van der Waals surface area contributed by atoms with Crippen LogP contribution in [-0.4, -0.2) is 33.1 Å². The van der Waals surface area contributed by atoms with Gasteiger partial charge in [-0.05, 0) is 57.4 Å². The largest absolute Gasteiger partial charge is 0.416 e. The van der Waals surface area contributed by atoms with Crippen molar-refractivity contribution in [3.8, 4) is 0 Å². The van der Waals surface area contributed by atoms with E-state index in [2.05, 4.69) is 15.2 Å². The van der Waals surface area contributed by atoms with Gasteiger partial charge in [0.2, 0.25) is 5.91 Å². The number of rotatable bonds is 5. The summed E-state index contributed by atoms with van der Waals surface area (Å²) in [6, 6.07) is 3.58. The molecule has 0 bridgehead atoms. The fraction of sp³-hybridized carbons (Fsp3) is 0.455. The lowest BCUT2D eigenvalue weighted by Gasteiger charge is -2.25. The van der Waals surface area contributed by atoms with E-state index in [1.165, 1.54) is 11.3 Å². The molecule has 3 heterocycles. The van der Waals surface area contributed by atoms with Crippen molar-refractivity contribution in [2.45, 2.75) is 51.9 Å². The van der Waals surface area contributed by atoms with Crippen molar-refractivity contribution in [2.24, 2.45) is 0 Å². The summed E-state index contributed by atoms with van der Waals surface area (Å²) >= 11 is 1.20. The van der Waals surface area contributed by atoms with Crippen LogP contribution in [0.4, 0.5) is 24.0 Å². The summed E-state index contributed by atoms with van der Waals surface area (Å²) in [7, 11) is 0. The molecule has 0 spiro atoms. The number of nitrogens with zero attached hydrogens (tertiary/aromatic N) is 4. The fourth-order valence-electron chi connectivity index (χ4n) is 3.95. The quantitative estimate of drug-likeness (QED) is 0.581. The second kappa shape index (κ2) is 9.24. The first kappa shape index (κ1) is 24.0. The number of benzene rings is 1. The van der Waals surface area contributed by atoms with E-state index < -0.39 is 41.5 Å². The first-order valence-electron chi connectivity index (χ1n) is 10.9. The maximum atomic E-state index is 13.1. The number of anilines is 2. The van der Waals surface area contributed by atoms with Gasteiger partial charge in [-0.25, -0.2) is 9.78 Å². The lowest BCUT2D eigenvalue weighted by molar-refractivity contribution is -0.137. The van der Waals surface area contributed by atoms with E-state index in [0.29, 0.717) is 5.13 Å². The van der Waals surface area contributed by atoms with Crippen molar-refractivity contribution in [2.75, 3.05) is 23.3 Å². The highest BCUT2D eigenvalue weighted by atomic mass is 32.1. The molecule has 1 saturated heterocycles. The predicted octanol–water partition coefficient (Wildman–Crippen LogP) is 3.85. The Labute approximate surface area is 196 Å². The van der Waals surface area contributed by atoms with E-state index in [9.17, 15) is 27.6 Å². The molecule has 4 rings (SSSR count). The highest BCUT2D eigenvalue weighted by Crippen LogP contribution is 2.30. The Kier molecular flexibility index (Phi) is 6.52. The molecule has 0 atom stereocenters. The minimum atomic E-state index is -4.48. The van der Waals surface area contributed by atoms with Crippen LogP contribution < -0.4 is 21.5 Å². The average Bonchev–Trinajstić information content (AvgIpc) is 3.23. The van der Waals surface area contributed by atoms with Crippen molar-refractivity contribution in [1.82, 2.24) is 14.1 Å². The van der Waals surface area contributed by atoms with Gasteiger partial charge in [-0.1, -0.05) is 11.3 Å². The second-order valence-electron chi connectivity index (χ2n) is 8.46. The van der Waals surface area contributed by atoms with Crippen LogP contribution in [0.2, 0.25) is 0 Å². The molecule has 1 aliphatic heterocycles. The number of carbonyl (C=O) groups is 1. The lowest BCUT2D eigenvalue weighted by Crippen LogP contribution is -2.42. The van der Waals surface area contributed by atoms with Gasteiger partial charge in [-0.2, -0.15) is 13.2 Å². The third kappa shape index (κ3) is 4.72. The van der Waals surface area contributed by atoms with Crippen LogP contribution in [0.3, 0.4) is 0 Å². The molecule has 0 radical (unpaired) electrons. The maximum Gasteiger partial charge on any atom is 0.416 e. The Hall–Kier alpha value is -3.15. The molecule has 34 heavy (non-hydrogen) atoms. The molecule has 1 N–H and O–H groups in total. The van der Waals surface area contributed by atoms with E-state index in [0.717, 1.165) is 65.8 Å². The lowest BCUT2D eigenvalue weighted by atomic mass is 10.1. The molecular weight excluding hydrogens is 471 g/mol. The smallest absolute Gasteiger partial charge is 0.348 e. The number of amides is 1. The van der Waals surface area contributed by atoms with E-state index >= 15 is 0 Å². The third-order valence-electron chi connectivity index (χ3n) is 5.64. The van der Waals surface area contributed by atoms with Crippen LogP contribution >= 0.6 is 11.3 Å². The molecule has 8 nitrogen and oxygen atoms in total. The van der Waals surface area contributed by atoms with Crippen LogP contribution in [0.1, 0.15) is 44.7 Å². The normalized spacial score (nSPS) is 14.7. The standard InChI is InChI=1S/C22H24F3N5O3S/c1-13(2)30-19(32)17-18(27-20(34-17)28-10-4-3-5-11-28)29(21(30)33)12-16(31)26-15-8-6-14(7-9-15)22(23,24)25/h6-9,13H,3-5,10-12H2,1-2H3,(H,26,31). The summed E-state index contributed by atoms with van der Waals surface area (Å²) in [5.74, 6) is -0.621. The molecule has 1 fully saturated rings. The Morgan fingerprint density at radius 2 is 1.76 bits per heavy atom. The number of carbonyl (C=O) groups excluding carboxylic acids is 1. The van der Waals surface area contributed by atoms with E-state index in [-0.39, 0.29) is 16.0 Å². The zero-order valence-electron chi connectivity index (χ0n) is 18.7. The Bertz CT molecular complexity index is 1320. The SMILES string of the molecule is CC(C)n1c(=O)c2sc(N3CCCCC3)nc2n(CC(=O)Nc2ccc(C(F)(F)F)cc2)c1=O. The highest BCUT2D eigenvalue weighted by molar-refractivity contribution is 7.22. The minimum Gasteiger partial charge on any atom is -0.348 e. The number of thiazole rings is 1. The summed E-state index contributed by atoms with van der Waals surface area (Å²) in [5.41, 5.74) is -1.65. The van der Waals surface area contributed by atoms with E-state index in [4.69, 9.17) is 0 Å². The van der Waals surface area contributed by atoms with Gasteiger partial charge in [0, 0.05) is 24.8 Å². The van der Waals surface area contributed by atoms with Crippen LogP contribution in [0, 0.1) is 0 Å². The zero-order chi connectivity index (χ0) is 24.6. The number of hydrogen-bond acceptors (Lipinski definition) is 6. The first-order valence-corrected chi connectivity index (χ1v) is 11.8. The third-order valence-corrected chi connectivity index (χ3v) is 6.74. The van der Waals surface area contributed by atoms with Gasteiger partial charge in [0.1, 0.15) is 11.2 Å². The van der Waals surface area contributed by atoms with Gasteiger partial charge in [0.05, 0.1) is 5.56 Å². The van der Waals surface area contributed by atoms with E-state index in [1.807, 2.05) is 0 Å². The van der Waals surface area contributed by atoms with Crippen molar-refractivity contribution >= 4 is 38.4 Å². The Morgan fingerprint density at radius 1 is 1.12 bits per heavy atom. The van der Waals surface area contributed by atoms with Crippen molar-refractivity contribution < 1.29 is 18.0 Å². The van der Waals surface area contributed by atoms with Crippen molar-refractivity contribution in [1.29, 1.82) is 0 Å². The fourth-order valence-corrected chi connectivity index (χ4v) is 5.00. The molecule has 2 aromatic heterocycles. The van der Waals surface area contributed by atoms with E-state index in [1.54, 1.807) is 13.8 Å². The molecular formula is C22H24F3N5O3S. The molecule has 1 aliphatic rings. The maximum absolute atomic E-state index is 13.1. The molecule has 1 amide bonds. The predicted molar refractivity (Wildman–Crippen MR) is 125 cm³/mol. The van der Waals surface area contributed by atoms with Crippen molar-refractivity contribution in [3.05, 3.63) is 50.7 Å². The Balaban J connectivity index is 1.69. The topological polar surface area (TPSA) is 89.2 Å². The molecule has 182 valence electrons. The highest BCUT2D eigenvalue weighted by Gasteiger charge is 2.30. The first-order chi connectivity index (χ1) is 16.1. The molecule has 0 unspecified atom stereocenters. The number of piperidine rings is 1. The molecule has 0 saturated carbocycles. The molecule has 3 aromatic rings. The summed E-state index contributed by atoms with van der Waals surface area (Å²) in [6.45, 7) is 4.57. The van der Waals surface area contributed by atoms with Crippen LogP contribution in [0.5, 0.6) is 0 Å². The minimum absolute atomic E-state index is 0.139. The summed E-state index contributed by atoms with van der Waals surface area (Å²) in [4.78, 5) is 45.5. The molecule has 12 heteroatoms. The van der Waals surface area contributed by atoms with Gasteiger partial charge < -0.3 is 10.2 Å². The number of aromatic nitrogens is 3. The summed E-state index contributed by atoms with van der Waals surface area (Å²) < 4.78 is 40.8. The van der Waals surface area contributed by atoms with Crippen LogP contribution in [-0.2, 0) is 17.5 Å². The van der Waals surface area contributed by atoms with Crippen LogP contribution in [0.25, 0.3) is 10.3 Å². The van der Waals surface area contributed by atoms with Crippen LogP contribution in [0.15, 0.2) is 33.9 Å². The number of fused-ring (bicyclic) bond motifs is 1. The molecule has 1 aromatic carbocycles. The average molecular weight is 496 g/mol. The van der Waals surface area contributed by atoms with Gasteiger partial charge >= 0.3 is 11.9 Å². The van der Waals surface area contributed by atoms with Gasteiger partial charge in [-0.3, -0.25) is 18.7 Å². The number of halogens is 3. The number of alkyl halides is 3. The number of hydrogen-bond donors (Lipinski definition) is 1. The molecule has 0 aliphatic carbocycles. The monoisotopic (exact) mass is 495 g/mol. The summed E-state index contributed by atoms with van der Waals surface area (Å²) in [5, 5.41) is 3.14. The summed E-state index contributed by atoms with van der Waals surface area (Å²) in [6.07, 6.45) is -1.35. The van der Waals surface area contributed by atoms with Gasteiger partial charge in [0.25, 0.3) is 5.56 Å². The van der Waals surface area contributed by atoms with Crippen molar-refractivity contribution in [3.63, 3.8) is 0 Å². The van der Waals surface area contributed by atoms with Gasteiger partial charge in [0.15, 0.2) is 10.8 Å². The second-order valence-corrected chi connectivity index (χ2v) is 9.44. The zero-order valence-corrected chi connectivity index (χ0v) is 19.5. The Morgan fingerprint density at radius 3 is 2.35 bits per heavy atom. The van der Waals surface area contributed by atoms with Gasteiger partial charge in [-0.15, -0.1) is 0 Å². The number of nitrogens with one attached hydrogen (secondary N) is 1.